The van der Waals surface area contributed by atoms with Crippen molar-refractivity contribution in [1.29, 1.82) is 0 Å². The van der Waals surface area contributed by atoms with Crippen molar-refractivity contribution in [3.05, 3.63) is 68.8 Å². The van der Waals surface area contributed by atoms with Gasteiger partial charge in [-0.3, -0.25) is 20.2 Å². The molecule has 0 heterocycles. The fourth-order valence-electron chi connectivity index (χ4n) is 2.39. The van der Waals surface area contributed by atoms with E-state index in [1.165, 1.54) is 24.3 Å². The highest BCUT2D eigenvalue weighted by Crippen LogP contribution is 2.17. The van der Waals surface area contributed by atoms with E-state index in [0.29, 0.717) is 34.7 Å². The van der Waals surface area contributed by atoms with Gasteiger partial charge >= 0.3 is 0 Å². The lowest BCUT2D eigenvalue weighted by atomic mass is 9.93. The lowest BCUT2D eigenvalue weighted by Crippen LogP contribution is -2.44. The van der Waals surface area contributed by atoms with E-state index < -0.39 is 9.85 Å². The van der Waals surface area contributed by atoms with Gasteiger partial charge in [-0.2, -0.15) is 0 Å². The van der Waals surface area contributed by atoms with E-state index in [1.807, 2.05) is 13.8 Å². The molecule has 4 N–H and O–H groups in total. The zero-order valence-corrected chi connectivity index (χ0v) is 18.5. The molecule has 12 heteroatoms. The Kier molecular flexibility index (Phi) is 8.16. The van der Waals surface area contributed by atoms with Crippen LogP contribution in [0.3, 0.4) is 0 Å². The summed E-state index contributed by atoms with van der Waals surface area (Å²) in [5.41, 5.74) is 1.09. The zero-order valence-electron chi connectivity index (χ0n) is 16.9. The molecule has 2 aromatic carbocycles. The molecule has 0 amide bonds. The fraction of sp³-hybridized carbons (Fsp3) is 0.263. The number of nitrogens with one attached hydrogen (secondary N) is 4. The minimum Gasteiger partial charge on any atom is -0.362 e. The van der Waals surface area contributed by atoms with Gasteiger partial charge in [0.25, 0.3) is 11.4 Å². The van der Waals surface area contributed by atoms with Crippen LogP contribution in [0.25, 0.3) is 0 Å². The van der Waals surface area contributed by atoms with Crippen molar-refractivity contribution in [3.63, 3.8) is 0 Å². The maximum atomic E-state index is 10.7. The second kappa shape index (κ2) is 10.6. The van der Waals surface area contributed by atoms with Crippen molar-refractivity contribution in [3.8, 4) is 0 Å². The molecule has 2 aromatic rings. The molecule has 0 radical (unpaired) electrons. The summed E-state index contributed by atoms with van der Waals surface area (Å²) in [7, 11) is 0. The molecule has 0 spiro atoms. The number of benzene rings is 2. The minimum atomic E-state index is -0.462. The molecule has 0 aliphatic carbocycles. The third kappa shape index (κ3) is 8.10. The molecule has 0 aliphatic rings. The Balaban J connectivity index is 1.76. The van der Waals surface area contributed by atoms with Gasteiger partial charge in [-0.05, 0) is 54.1 Å². The summed E-state index contributed by atoms with van der Waals surface area (Å²) >= 11 is 10.6. The van der Waals surface area contributed by atoms with Gasteiger partial charge < -0.3 is 21.3 Å². The van der Waals surface area contributed by atoms with Gasteiger partial charge in [-0.1, -0.05) is 13.8 Å². The molecule has 31 heavy (non-hydrogen) atoms. The van der Waals surface area contributed by atoms with Crippen molar-refractivity contribution in [2.45, 2.75) is 13.8 Å². The Labute approximate surface area is 189 Å². The molecular formula is C19H22N6O4S2. The number of hydrogen-bond acceptors (Lipinski definition) is 6. The van der Waals surface area contributed by atoms with E-state index in [0.717, 1.165) is 0 Å². The Hall–Kier alpha value is -3.38. The van der Waals surface area contributed by atoms with Crippen LogP contribution < -0.4 is 21.3 Å². The van der Waals surface area contributed by atoms with Crippen molar-refractivity contribution < 1.29 is 9.85 Å². The lowest BCUT2D eigenvalue weighted by molar-refractivity contribution is -0.385. The number of nitrogens with zero attached hydrogens (tertiary/aromatic N) is 2. The monoisotopic (exact) mass is 462 g/mol. The number of nitro benzene ring substituents is 2. The maximum absolute atomic E-state index is 10.7. The second-order valence-corrected chi connectivity index (χ2v) is 8.20. The molecule has 0 aliphatic heterocycles. The van der Waals surface area contributed by atoms with E-state index in [4.69, 9.17) is 24.4 Å². The normalized spacial score (nSPS) is 10.6. The summed E-state index contributed by atoms with van der Waals surface area (Å²) in [5, 5.41) is 34.4. The summed E-state index contributed by atoms with van der Waals surface area (Å²) in [5.74, 6) is 0. The van der Waals surface area contributed by atoms with Crippen LogP contribution in [0.4, 0.5) is 22.7 Å². The van der Waals surface area contributed by atoms with Crippen molar-refractivity contribution in [1.82, 2.24) is 10.6 Å². The van der Waals surface area contributed by atoms with E-state index in [-0.39, 0.29) is 16.8 Å². The summed E-state index contributed by atoms with van der Waals surface area (Å²) in [6, 6.07) is 11.9. The second-order valence-electron chi connectivity index (χ2n) is 7.39. The van der Waals surface area contributed by atoms with Crippen LogP contribution in [0.5, 0.6) is 0 Å². The molecule has 0 saturated carbocycles. The number of nitro groups is 2. The molecule has 2 rings (SSSR count). The van der Waals surface area contributed by atoms with Gasteiger partial charge in [0, 0.05) is 48.7 Å². The fourth-order valence-corrected chi connectivity index (χ4v) is 2.77. The third-order valence-electron chi connectivity index (χ3n) is 4.13. The number of non-ortho nitro benzene ring substituents is 2. The number of rotatable bonds is 8. The van der Waals surface area contributed by atoms with Gasteiger partial charge in [-0.15, -0.1) is 0 Å². The number of hydrogen-bond donors (Lipinski definition) is 4. The molecule has 0 fully saturated rings. The largest absolute Gasteiger partial charge is 0.362 e. The maximum Gasteiger partial charge on any atom is 0.269 e. The van der Waals surface area contributed by atoms with Crippen LogP contribution in [0.1, 0.15) is 13.8 Å². The first-order valence-electron chi connectivity index (χ1n) is 9.14. The predicted octanol–water partition coefficient (Wildman–Crippen LogP) is 3.80. The molecule has 164 valence electrons. The molecule has 10 nitrogen and oxygen atoms in total. The highest BCUT2D eigenvalue weighted by atomic mass is 32.1. The van der Waals surface area contributed by atoms with Crippen LogP contribution >= 0.6 is 24.4 Å². The van der Waals surface area contributed by atoms with E-state index >= 15 is 0 Å². The first-order chi connectivity index (χ1) is 14.6. The molecule has 0 unspecified atom stereocenters. The summed E-state index contributed by atoms with van der Waals surface area (Å²) in [6.45, 7) is 5.13. The first kappa shape index (κ1) is 23.9. The Bertz CT molecular complexity index is 887. The number of thiocarbonyl (C=S) groups is 2. The Morgan fingerprint density at radius 3 is 1.39 bits per heavy atom. The zero-order chi connectivity index (χ0) is 23.0. The lowest BCUT2D eigenvalue weighted by Gasteiger charge is -2.27. The predicted molar refractivity (Wildman–Crippen MR) is 128 cm³/mol. The van der Waals surface area contributed by atoms with E-state index in [2.05, 4.69) is 21.3 Å². The van der Waals surface area contributed by atoms with Crippen LogP contribution in [0.2, 0.25) is 0 Å². The van der Waals surface area contributed by atoms with Gasteiger partial charge in [-0.25, -0.2) is 0 Å². The average molecular weight is 463 g/mol. The topological polar surface area (TPSA) is 134 Å². The molecule has 0 saturated heterocycles. The SMILES string of the molecule is CC(C)(CNC(=S)Nc1ccc([N+](=O)[O-])cc1)CNC(=S)Nc1ccc([N+](=O)[O-])cc1. The van der Waals surface area contributed by atoms with Crippen LogP contribution in [-0.4, -0.2) is 33.2 Å². The number of anilines is 2. The van der Waals surface area contributed by atoms with Crippen molar-refractivity contribution in [2.24, 2.45) is 5.41 Å². The van der Waals surface area contributed by atoms with Crippen molar-refractivity contribution in [2.75, 3.05) is 23.7 Å². The quantitative estimate of drug-likeness (QED) is 0.261. The molecule has 0 aromatic heterocycles. The Morgan fingerprint density at radius 2 is 1.10 bits per heavy atom. The summed E-state index contributed by atoms with van der Waals surface area (Å²) in [4.78, 5) is 20.5. The van der Waals surface area contributed by atoms with Gasteiger partial charge in [0.2, 0.25) is 0 Å². The highest BCUT2D eigenvalue weighted by molar-refractivity contribution is 7.80. The highest BCUT2D eigenvalue weighted by Gasteiger charge is 2.19. The van der Waals surface area contributed by atoms with Gasteiger partial charge in [0.1, 0.15) is 0 Å². The van der Waals surface area contributed by atoms with Crippen LogP contribution in [0, 0.1) is 25.6 Å². The van der Waals surface area contributed by atoms with E-state index in [9.17, 15) is 20.2 Å². The van der Waals surface area contributed by atoms with Crippen LogP contribution in [-0.2, 0) is 0 Å². The smallest absolute Gasteiger partial charge is 0.269 e. The minimum absolute atomic E-state index is 0.00920. The van der Waals surface area contributed by atoms with Gasteiger partial charge in [0.15, 0.2) is 10.2 Å². The van der Waals surface area contributed by atoms with E-state index in [1.54, 1.807) is 24.3 Å². The standard InChI is InChI=1S/C19H22N6O4S2/c1-19(2,11-20-17(30)22-13-3-7-15(8-4-13)24(26)27)12-21-18(31)23-14-5-9-16(10-6-14)25(28)29/h3-10H,11-12H2,1-2H3,(H2,20,22,30)(H2,21,23,31). The van der Waals surface area contributed by atoms with Crippen molar-refractivity contribution >= 4 is 57.4 Å². The van der Waals surface area contributed by atoms with Gasteiger partial charge in [0.05, 0.1) is 9.85 Å². The summed E-state index contributed by atoms with van der Waals surface area (Å²) < 4.78 is 0. The molecular weight excluding hydrogens is 440 g/mol. The average Bonchev–Trinajstić information content (AvgIpc) is 2.72. The Morgan fingerprint density at radius 1 is 0.774 bits per heavy atom. The third-order valence-corrected chi connectivity index (χ3v) is 4.62. The molecule has 0 bridgehead atoms. The molecule has 0 atom stereocenters. The van der Waals surface area contributed by atoms with Crippen LogP contribution in [0.15, 0.2) is 48.5 Å². The summed E-state index contributed by atoms with van der Waals surface area (Å²) in [6.07, 6.45) is 0. The first-order valence-corrected chi connectivity index (χ1v) is 9.96.